The van der Waals surface area contributed by atoms with Crippen molar-refractivity contribution in [3.63, 3.8) is 0 Å². The molecule has 2 aromatic carbocycles. The first kappa shape index (κ1) is 22.8. The molecule has 1 atom stereocenters. The van der Waals surface area contributed by atoms with E-state index in [1.807, 2.05) is 66.3 Å². The van der Waals surface area contributed by atoms with Crippen LogP contribution in [0.25, 0.3) is 23.0 Å². The molecular weight excluding hydrogens is 466 g/mol. The predicted molar refractivity (Wildman–Crippen MR) is 139 cm³/mol. The van der Waals surface area contributed by atoms with Crippen LogP contribution in [0.15, 0.2) is 59.6 Å². The number of para-hydroxylation sites is 1. The zero-order chi connectivity index (χ0) is 23.7. The molecule has 3 heterocycles. The van der Waals surface area contributed by atoms with E-state index in [1.165, 1.54) is 11.8 Å². The SMILES string of the molecule is COc1ccc(-c2nn(-c3ccccc3)cc2/C=C2\SC(=S)N(CC3CCCO3)C2=O)cc1C. The fourth-order valence-corrected chi connectivity index (χ4v) is 5.51. The van der Waals surface area contributed by atoms with Crippen molar-refractivity contribution in [1.29, 1.82) is 0 Å². The van der Waals surface area contributed by atoms with Gasteiger partial charge in [-0.15, -0.1) is 0 Å². The molecule has 6 nitrogen and oxygen atoms in total. The standard InChI is InChI=1S/C26H25N3O3S2/c1-17-13-18(10-11-22(17)31-2)24-19(15-29(27-24)20-7-4-3-5-8-20)14-23-25(30)28(26(33)34-23)16-21-9-6-12-32-21/h3-5,7-8,10-11,13-15,21H,6,9,12,16H2,1-2H3/b23-14-. The number of methoxy groups -OCH3 is 1. The third kappa shape index (κ3) is 4.53. The number of aryl methyl sites for hydroxylation is 1. The van der Waals surface area contributed by atoms with Crippen LogP contribution in [0, 0.1) is 6.92 Å². The third-order valence-electron chi connectivity index (χ3n) is 6.00. The van der Waals surface area contributed by atoms with E-state index in [9.17, 15) is 4.79 Å². The van der Waals surface area contributed by atoms with Crippen LogP contribution < -0.4 is 4.74 Å². The van der Waals surface area contributed by atoms with Gasteiger partial charge in [-0.1, -0.05) is 42.2 Å². The molecule has 0 radical (unpaired) electrons. The van der Waals surface area contributed by atoms with Gasteiger partial charge in [-0.05, 0) is 61.7 Å². The number of amides is 1. The van der Waals surface area contributed by atoms with Gasteiger partial charge < -0.3 is 9.47 Å². The number of hydrogen-bond donors (Lipinski definition) is 0. The molecule has 3 aromatic rings. The Morgan fingerprint density at radius 3 is 2.79 bits per heavy atom. The normalized spacial score (nSPS) is 19.4. The van der Waals surface area contributed by atoms with Crippen LogP contribution >= 0.6 is 24.0 Å². The molecule has 1 aromatic heterocycles. The Morgan fingerprint density at radius 2 is 2.09 bits per heavy atom. The minimum Gasteiger partial charge on any atom is -0.496 e. The summed E-state index contributed by atoms with van der Waals surface area (Å²) in [6.45, 7) is 3.26. The highest BCUT2D eigenvalue weighted by molar-refractivity contribution is 8.26. The number of thiocarbonyl (C=S) groups is 1. The number of rotatable bonds is 6. The number of carbonyl (C=O) groups is 1. The van der Waals surface area contributed by atoms with Gasteiger partial charge in [0.15, 0.2) is 0 Å². The van der Waals surface area contributed by atoms with Crippen LogP contribution in [0.2, 0.25) is 0 Å². The van der Waals surface area contributed by atoms with Gasteiger partial charge in [0, 0.05) is 23.9 Å². The van der Waals surface area contributed by atoms with Crippen LogP contribution in [-0.4, -0.2) is 51.3 Å². The average molecular weight is 492 g/mol. The van der Waals surface area contributed by atoms with Crippen molar-refractivity contribution in [2.24, 2.45) is 0 Å². The van der Waals surface area contributed by atoms with E-state index in [0.29, 0.717) is 15.8 Å². The van der Waals surface area contributed by atoms with Gasteiger partial charge in [-0.3, -0.25) is 9.69 Å². The molecule has 2 aliphatic heterocycles. The highest BCUT2D eigenvalue weighted by atomic mass is 32.2. The lowest BCUT2D eigenvalue weighted by Gasteiger charge is -2.18. The molecule has 2 fully saturated rings. The lowest BCUT2D eigenvalue weighted by Crippen LogP contribution is -2.35. The van der Waals surface area contributed by atoms with Gasteiger partial charge in [0.25, 0.3) is 5.91 Å². The van der Waals surface area contributed by atoms with Gasteiger partial charge >= 0.3 is 0 Å². The summed E-state index contributed by atoms with van der Waals surface area (Å²) in [5, 5.41) is 4.88. The second-order valence-corrected chi connectivity index (χ2v) is 10.0. The first-order valence-corrected chi connectivity index (χ1v) is 12.4. The molecule has 1 amide bonds. The van der Waals surface area contributed by atoms with Crippen molar-refractivity contribution in [1.82, 2.24) is 14.7 Å². The van der Waals surface area contributed by atoms with Gasteiger partial charge in [0.05, 0.1) is 30.4 Å². The van der Waals surface area contributed by atoms with Crippen molar-refractivity contribution in [3.05, 3.63) is 70.8 Å². The van der Waals surface area contributed by atoms with E-state index in [-0.39, 0.29) is 12.0 Å². The summed E-state index contributed by atoms with van der Waals surface area (Å²) in [4.78, 5) is 15.5. The fourth-order valence-electron chi connectivity index (χ4n) is 4.25. The van der Waals surface area contributed by atoms with Crippen LogP contribution in [0.1, 0.15) is 24.0 Å². The molecule has 174 valence electrons. The van der Waals surface area contributed by atoms with Gasteiger partial charge in [-0.2, -0.15) is 5.10 Å². The van der Waals surface area contributed by atoms with E-state index < -0.39 is 0 Å². The molecule has 0 N–H and O–H groups in total. The summed E-state index contributed by atoms with van der Waals surface area (Å²) in [5.41, 5.74) is 4.56. The second-order valence-electron chi connectivity index (χ2n) is 8.32. The monoisotopic (exact) mass is 491 g/mol. The summed E-state index contributed by atoms with van der Waals surface area (Å²) in [7, 11) is 1.66. The molecule has 2 aliphatic rings. The first-order chi connectivity index (χ1) is 16.5. The van der Waals surface area contributed by atoms with E-state index in [4.69, 9.17) is 26.8 Å². The molecule has 34 heavy (non-hydrogen) atoms. The summed E-state index contributed by atoms with van der Waals surface area (Å²) >= 11 is 6.87. The van der Waals surface area contributed by atoms with Crippen molar-refractivity contribution >= 4 is 40.3 Å². The highest BCUT2D eigenvalue weighted by Gasteiger charge is 2.35. The molecule has 8 heteroatoms. The number of carbonyl (C=O) groups excluding carboxylic acids is 1. The highest BCUT2D eigenvalue weighted by Crippen LogP contribution is 2.36. The summed E-state index contributed by atoms with van der Waals surface area (Å²) in [6, 6.07) is 15.9. The lowest BCUT2D eigenvalue weighted by atomic mass is 10.0. The lowest BCUT2D eigenvalue weighted by molar-refractivity contribution is -0.123. The van der Waals surface area contributed by atoms with Crippen LogP contribution in [0.4, 0.5) is 0 Å². The Kier molecular flexibility index (Phi) is 6.54. The van der Waals surface area contributed by atoms with Crippen molar-refractivity contribution < 1.29 is 14.3 Å². The number of hydrogen-bond acceptors (Lipinski definition) is 6. The minimum atomic E-state index is -0.0742. The largest absolute Gasteiger partial charge is 0.496 e. The smallest absolute Gasteiger partial charge is 0.266 e. The Balaban J connectivity index is 1.53. The first-order valence-electron chi connectivity index (χ1n) is 11.2. The number of aromatic nitrogens is 2. The van der Waals surface area contributed by atoms with E-state index >= 15 is 0 Å². The Labute approximate surface area is 208 Å². The number of nitrogens with zero attached hydrogens (tertiary/aromatic N) is 3. The fraction of sp³-hybridized carbons (Fsp3) is 0.269. The quantitative estimate of drug-likeness (QED) is 0.347. The van der Waals surface area contributed by atoms with Gasteiger partial charge in [0.2, 0.25) is 0 Å². The van der Waals surface area contributed by atoms with Crippen molar-refractivity contribution in [3.8, 4) is 22.7 Å². The molecule has 0 bridgehead atoms. The molecule has 2 saturated heterocycles. The van der Waals surface area contributed by atoms with E-state index in [2.05, 4.69) is 6.07 Å². The average Bonchev–Trinajstić information content (AvgIpc) is 3.57. The molecular formula is C26H25N3O3S2. The Morgan fingerprint density at radius 1 is 1.26 bits per heavy atom. The number of ether oxygens (including phenoxy) is 2. The van der Waals surface area contributed by atoms with Crippen LogP contribution in [-0.2, 0) is 9.53 Å². The molecule has 0 aliphatic carbocycles. The zero-order valence-corrected chi connectivity index (χ0v) is 20.7. The van der Waals surface area contributed by atoms with Crippen LogP contribution in [0.3, 0.4) is 0 Å². The molecule has 0 saturated carbocycles. The molecule has 0 spiro atoms. The minimum absolute atomic E-state index is 0.0560. The van der Waals surface area contributed by atoms with Crippen LogP contribution in [0.5, 0.6) is 5.75 Å². The Bertz CT molecular complexity index is 1260. The summed E-state index contributed by atoms with van der Waals surface area (Å²) < 4.78 is 13.6. The number of benzene rings is 2. The maximum Gasteiger partial charge on any atom is 0.266 e. The second kappa shape index (κ2) is 9.74. The summed E-state index contributed by atoms with van der Waals surface area (Å²) in [5.74, 6) is 0.748. The Hall–Kier alpha value is -2.94. The topological polar surface area (TPSA) is 56.6 Å². The predicted octanol–water partition coefficient (Wildman–Crippen LogP) is 5.24. The van der Waals surface area contributed by atoms with Crippen molar-refractivity contribution in [2.75, 3.05) is 20.3 Å². The zero-order valence-electron chi connectivity index (χ0n) is 19.1. The van der Waals surface area contributed by atoms with E-state index in [1.54, 1.807) is 12.0 Å². The maximum atomic E-state index is 13.2. The number of thioether (sulfide) groups is 1. The van der Waals surface area contributed by atoms with Gasteiger partial charge in [-0.25, -0.2) is 4.68 Å². The van der Waals surface area contributed by atoms with Crippen molar-refractivity contribution in [2.45, 2.75) is 25.9 Å². The molecule has 5 rings (SSSR count). The van der Waals surface area contributed by atoms with Gasteiger partial charge in [0.1, 0.15) is 15.8 Å². The maximum absolute atomic E-state index is 13.2. The molecule has 1 unspecified atom stereocenters. The summed E-state index contributed by atoms with van der Waals surface area (Å²) in [6.07, 6.45) is 5.90. The third-order valence-corrected chi connectivity index (χ3v) is 7.38. The van der Waals surface area contributed by atoms with E-state index in [0.717, 1.165) is 53.3 Å².